The van der Waals surface area contributed by atoms with E-state index in [-0.39, 0.29) is 40.1 Å². The largest absolute Gasteiger partial charge is 0.480 e. The molecule has 4 N–H and O–H groups in total. The van der Waals surface area contributed by atoms with E-state index in [1.807, 2.05) is 30.3 Å². The van der Waals surface area contributed by atoms with Crippen LogP contribution in [0.2, 0.25) is 5.15 Å². The van der Waals surface area contributed by atoms with Crippen molar-refractivity contribution in [1.29, 1.82) is 10.5 Å². The van der Waals surface area contributed by atoms with Crippen molar-refractivity contribution in [2.45, 2.75) is 18.4 Å². The Morgan fingerprint density at radius 1 is 0.531 bits per heavy atom. The molecule has 26 heteroatoms. The van der Waals surface area contributed by atoms with Crippen molar-refractivity contribution >= 4 is 23.2 Å². The normalized spacial score (nSPS) is 10.4. The van der Waals surface area contributed by atoms with Gasteiger partial charge in [0.05, 0.1) is 57.3 Å². The van der Waals surface area contributed by atoms with Gasteiger partial charge in [0, 0.05) is 103 Å². The van der Waals surface area contributed by atoms with Gasteiger partial charge in [-0.05, 0) is 89.5 Å². The number of nitrogens with one attached hydrogen (secondary N) is 2. The molecular formula is C55H47ClN18O7. The van der Waals surface area contributed by atoms with E-state index in [2.05, 4.69) is 82.0 Å². The SMILES string of the molecule is COc1ccc(C(=O)c2cccnc2)nn1.COc1ccc(C(C#N)c2cccnc2)nn1.COc1ccc(Cl)nn1.N#CCc1cccnc1.NC(c1cccnc1)c1ccc(=O)[nH]n1.O=C(c1cccnc1)c1ccc(=O)[nH]n1. The summed E-state index contributed by atoms with van der Waals surface area (Å²) < 4.78 is 14.5. The van der Waals surface area contributed by atoms with E-state index in [0.29, 0.717) is 51.7 Å². The Bertz CT molecular complexity index is 3620. The van der Waals surface area contributed by atoms with Crippen molar-refractivity contribution < 1.29 is 23.8 Å². The summed E-state index contributed by atoms with van der Waals surface area (Å²) >= 11 is 5.44. The fraction of sp³-hybridized carbons (Fsp3) is 0.109. The smallest absolute Gasteiger partial charge is 0.264 e. The molecule has 0 saturated carbocycles. The van der Waals surface area contributed by atoms with Crippen molar-refractivity contribution in [3.05, 3.63) is 260 Å². The zero-order valence-corrected chi connectivity index (χ0v) is 44.0. The maximum atomic E-state index is 11.9. The minimum atomic E-state index is -0.456. The van der Waals surface area contributed by atoms with Gasteiger partial charge >= 0.3 is 0 Å². The summed E-state index contributed by atoms with van der Waals surface area (Å²) in [5.41, 5.74) is 10.6. The molecule has 0 bridgehead atoms. The number of methoxy groups -OCH3 is 3. The molecule has 0 radical (unpaired) electrons. The molecule has 0 amide bonds. The van der Waals surface area contributed by atoms with Gasteiger partial charge in [0.1, 0.15) is 17.3 Å². The highest BCUT2D eigenvalue weighted by atomic mass is 35.5. The molecule has 10 aromatic rings. The van der Waals surface area contributed by atoms with Crippen LogP contribution in [0, 0.1) is 22.7 Å². The van der Waals surface area contributed by atoms with Crippen LogP contribution in [0.15, 0.2) is 193 Å². The van der Waals surface area contributed by atoms with Crippen LogP contribution in [0.5, 0.6) is 17.6 Å². The third kappa shape index (κ3) is 20.6. The first-order valence-electron chi connectivity index (χ1n) is 23.5. The predicted octanol–water partition coefficient (Wildman–Crippen LogP) is 5.54. The Morgan fingerprint density at radius 2 is 1.01 bits per heavy atom. The number of carbonyl (C=O) groups is 2. The topological polar surface area (TPSA) is 369 Å². The van der Waals surface area contributed by atoms with Crippen molar-refractivity contribution in [3.63, 3.8) is 0 Å². The quantitative estimate of drug-likeness (QED) is 0.126. The predicted molar refractivity (Wildman–Crippen MR) is 291 cm³/mol. The summed E-state index contributed by atoms with van der Waals surface area (Å²) in [5, 5.41) is 52.3. The van der Waals surface area contributed by atoms with E-state index in [9.17, 15) is 24.4 Å². The molecule has 0 aromatic carbocycles. The summed E-state index contributed by atoms with van der Waals surface area (Å²) in [6.45, 7) is 0. The van der Waals surface area contributed by atoms with Gasteiger partial charge in [-0.3, -0.25) is 44.1 Å². The van der Waals surface area contributed by atoms with Crippen LogP contribution >= 0.6 is 11.6 Å². The molecule has 0 spiro atoms. The molecule has 10 rings (SSSR count). The number of hydrogen-bond acceptors (Lipinski definition) is 23. The molecule has 0 saturated heterocycles. The maximum absolute atomic E-state index is 11.9. The van der Waals surface area contributed by atoms with Crippen LogP contribution in [0.3, 0.4) is 0 Å². The Morgan fingerprint density at radius 3 is 1.43 bits per heavy atom. The average Bonchev–Trinajstić information content (AvgIpc) is 3.54. The van der Waals surface area contributed by atoms with Crippen molar-refractivity contribution in [2.75, 3.05) is 21.3 Å². The van der Waals surface area contributed by atoms with E-state index < -0.39 is 5.92 Å². The van der Waals surface area contributed by atoms with Gasteiger partial charge in [-0.1, -0.05) is 29.8 Å². The fourth-order valence-electron chi connectivity index (χ4n) is 6.03. The van der Waals surface area contributed by atoms with Gasteiger partial charge in [0.15, 0.2) is 5.15 Å². The molecule has 0 aliphatic heterocycles. The average molecular weight is 1110 g/mol. The lowest BCUT2D eigenvalue weighted by Crippen LogP contribution is -2.17. The second kappa shape index (κ2) is 33.7. The van der Waals surface area contributed by atoms with E-state index in [4.69, 9.17) is 36.8 Å². The molecular weight excluding hydrogens is 1060 g/mol. The first-order chi connectivity index (χ1) is 39.5. The van der Waals surface area contributed by atoms with Crippen LogP contribution in [-0.4, -0.2) is 109 Å². The van der Waals surface area contributed by atoms with Crippen LogP contribution < -0.4 is 31.1 Å². The summed E-state index contributed by atoms with van der Waals surface area (Å²) in [5.74, 6) is 0.350. The molecule has 2 atom stereocenters. The maximum Gasteiger partial charge on any atom is 0.264 e. The highest BCUT2D eigenvalue weighted by molar-refractivity contribution is 6.29. The fourth-order valence-corrected chi connectivity index (χ4v) is 6.13. The molecule has 81 heavy (non-hydrogen) atoms. The summed E-state index contributed by atoms with van der Waals surface area (Å²) in [6.07, 6.45) is 16.7. The van der Waals surface area contributed by atoms with Gasteiger partial charge < -0.3 is 19.9 Å². The first kappa shape index (κ1) is 60.6. The first-order valence-corrected chi connectivity index (χ1v) is 23.8. The third-order valence-electron chi connectivity index (χ3n) is 10.0. The number of pyridine rings is 5. The number of nitrogens with two attached hydrogens (primary N) is 1. The summed E-state index contributed by atoms with van der Waals surface area (Å²) in [4.78, 5) is 64.7. The highest BCUT2D eigenvalue weighted by Crippen LogP contribution is 2.22. The van der Waals surface area contributed by atoms with Gasteiger partial charge in [-0.2, -0.15) is 25.8 Å². The Balaban J connectivity index is 0.000000181. The molecule has 10 aromatic heterocycles. The van der Waals surface area contributed by atoms with Crippen LogP contribution in [0.1, 0.15) is 72.1 Å². The monoisotopic (exact) mass is 1110 g/mol. The molecule has 0 aliphatic carbocycles. The summed E-state index contributed by atoms with van der Waals surface area (Å²) in [7, 11) is 4.54. The molecule has 406 valence electrons. The minimum absolute atomic E-state index is 0.197. The number of halogens is 1. The zero-order chi connectivity index (χ0) is 58.0. The van der Waals surface area contributed by atoms with Crippen molar-refractivity contribution in [2.24, 2.45) is 5.73 Å². The van der Waals surface area contributed by atoms with Crippen LogP contribution in [0.25, 0.3) is 0 Å². The lowest BCUT2D eigenvalue weighted by molar-refractivity contribution is 0.102. The zero-order valence-electron chi connectivity index (χ0n) is 43.2. The number of carbonyl (C=O) groups excluding carboxylic acids is 2. The van der Waals surface area contributed by atoms with E-state index >= 15 is 0 Å². The number of H-pyrrole nitrogens is 2. The summed E-state index contributed by atoms with van der Waals surface area (Å²) in [6, 6.07) is 37.1. The lowest BCUT2D eigenvalue weighted by atomic mass is 9.99. The van der Waals surface area contributed by atoms with Gasteiger partial charge in [0.25, 0.3) is 11.1 Å². The number of rotatable bonds is 12. The van der Waals surface area contributed by atoms with E-state index in [1.54, 1.807) is 128 Å². The standard InChI is InChI=1S/C12H10N4O.C11H9N3O2.C10H10N4O.C10H7N3O2.C7H6N2.C5H5ClN2O/c1-17-12-5-4-11(15-16-12)10(7-13)9-3-2-6-14-8-9;1-16-10-5-4-9(13-14-10)11(15)8-3-2-6-12-7-8;11-10(7-2-1-5-12-6-7)8-3-4-9(15)14-13-8;14-9-4-3-8(12-13-9)10(15)7-2-1-5-11-6-7;8-4-3-7-2-1-5-9-6-7;1-9-5-3-2-4(6)7-8-5/h2-6,8,10H,1H3;2-7H,1H3;1-6,10H,11H2,(H,14,15);1-6H,(H,13,14);1-2,5-6H,3H2;2-3H,1H3. The molecule has 2 unspecified atom stereocenters. The Kier molecular flexibility index (Phi) is 25.2. The Hall–Kier alpha value is -11.3. The number of aromatic nitrogens is 15. The second-order valence-corrected chi connectivity index (χ2v) is 15.8. The number of nitrogens with zero attached hydrogens (tertiary/aromatic N) is 15. The number of ether oxygens (including phenoxy) is 3. The third-order valence-corrected chi connectivity index (χ3v) is 10.2. The second-order valence-electron chi connectivity index (χ2n) is 15.5. The van der Waals surface area contributed by atoms with E-state index in [1.165, 1.54) is 51.9 Å². The highest BCUT2D eigenvalue weighted by Gasteiger charge is 2.16. The van der Waals surface area contributed by atoms with Crippen LogP contribution in [0.4, 0.5) is 0 Å². The molecule has 25 nitrogen and oxygen atoms in total. The molecule has 0 fully saturated rings. The number of aromatic amines is 2. The number of hydrogen-bond donors (Lipinski definition) is 3. The van der Waals surface area contributed by atoms with E-state index in [0.717, 1.165) is 16.7 Å². The lowest BCUT2D eigenvalue weighted by Gasteiger charge is -2.09. The van der Waals surface area contributed by atoms with Crippen LogP contribution in [-0.2, 0) is 6.42 Å². The van der Waals surface area contributed by atoms with Gasteiger partial charge in [-0.25, -0.2) is 10.2 Å². The number of nitriles is 2. The van der Waals surface area contributed by atoms with Crippen molar-refractivity contribution in [3.8, 4) is 29.8 Å². The number of ketones is 2. The van der Waals surface area contributed by atoms with Gasteiger partial charge in [-0.15, -0.1) is 25.5 Å². The Labute approximate surface area is 466 Å². The molecule has 0 aliphatic rings. The minimum Gasteiger partial charge on any atom is -0.480 e. The van der Waals surface area contributed by atoms with Crippen molar-refractivity contribution in [1.82, 2.24) is 75.9 Å². The van der Waals surface area contributed by atoms with Gasteiger partial charge in [0.2, 0.25) is 29.2 Å². The molecule has 10 heterocycles.